The van der Waals surface area contributed by atoms with Gasteiger partial charge in [-0.3, -0.25) is 9.69 Å². The van der Waals surface area contributed by atoms with Crippen molar-refractivity contribution in [2.75, 3.05) is 44.7 Å². The first-order valence-electron chi connectivity index (χ1n) is 10.0. The number of fused-ring (bicyclic) bond motifs is 1. The lowest BCUT2D eigenvalue weighted by Gasteiger charge is -2.30. The van der Waals surface area contributed by atoms with Gasteiger partial charge in [0, 0.05) is 32.2 Å². The Balaban J connectivity index is 1.20. The molecule has 0 spiro atoms. The lowest BCUT2D eigenvalue weighted by Crippen LogP contribution is -2.41. The molecule has 1 aromatic heterocycles. The molecule has 29 heavy (non-hydrogen) atoms. The van der Waals surface area contributed by atoms with Crippen LogP contribution in [0.15, 0.2) is 36.7 Å². The first-order valence-corrected chi connectivity index (χ1v) is 10.0. The van der Waals surface area contributed by atoms with Gasteiger partial charge in [-0.15, -0.1) is 0 Å². The summed E-state index contributed by atoms with van der Waals surface area (Å²) in [6, 6.07) is 10.3. The smallest absolute Gasteiger partial charge is 0.195 e. The highest BCUT2D eigenvalue weighted by molar-refractivity contribution is 5.96. The number of rotatable bonds is 9. The van der Waals surface area contributed by atoms with E-state index in [4.69, 9.17) is 4.74 Å². The number of nitrogens with one attached hydrogen (secondary N) is 2. The fraction of sp³-hybridized carbons (Fsp3) is 0.476. The van der Waals surface area contributed by atoms with Crippen molar-refractivity contribution in [3.05, 3.63) is 53.5 Å². The van der Waals surface area contributed by atoms with E-state index in [2.05, 4.69) is 49.8 Å². The number of aliphatic hydroxyl groups excluding tert-OH is 1. The van der Waals surface area contributed by atoms with E-state index in [0.29, 0.717) is 37.8 Å². The van der Waals surface area contributed by atoms with Gasteiger partial charge in [0.1, 0.15) is 17.8 Å². The highest BCUT2D eigenvalue weighted by Gasteiger charge is 2.20. The summed E-state index contributed by atoms with van der Waals surface area (Å²) in [5, 5.41) is 16.6. The van der Waals surface area contributed by atoms with Gasteiger partial charge in [-0.05, 0) is 17.5 Å². The van der Waals surface area contributed by atoms with E-state index in [-0.39, 0.29) is 18.4 Å². The number of benzene rings is 1. The van der Waals surface area contributed by atoms with Crippen LogP contribution in [0.4, 0.5) is 5.82 Å². The number of anilines is 1. The molecule has 3 heterocycles. The number of aromatic nitrogens is 2. The molecule has 4 rings (SSSR count). The molecule has 3 N–H and O–H groups in total. The Bertz CT molecular complexity index is 843. The summed E-state index contributed by atoms with van der Waals surface area (Å²) < 4.78 is 5.12. The number of aliphatic hydroxyl groups is 1. The Labute approximate surface area is 170 Å². The topological polar surface area (TPSA) is 99.6 Å². The summed E-state index contributed by atoms with van der Waals surface area (Å²) in [6.45, 7) is 4.16. The number of ether oxygens (including phenoxy) is 1. The van der Waals surface area contributed by atoms with Gasteiger partial charge in [-0.25, -0.2) is 9.97 Å². The third kappa shape index (κ3) is 5.36. The van der Waals surface area contributed by atoms with Crippen molar-refractivity contribution in [2.24, 2.45) is 0 Å². The molecule has 0 unspecified atom stereocenters. The number of hydrogen-bond donors (Lipinski definition) is 3. The zero-order valence-electron chi connectivity index (χ0n) is 16.4. The predicted octanol–water partition coefficient (Wildman–Crippen LogP) is 0.479. The molecule has 2 aliphatic rings. The van der Waals surface area contributed by atoms with Gasteiger partial charge in [0.05, 0.1) is 31.9 Å². The van der Waals surface area contributed by atoms with Crippen LogP contribution < -0.4 is 10.6 Å². The van der Waals surface area contributed by atoms with E-state index in [1.165, 1.54) is 17.5 Å². The molecule has 1 atom stereocenters. The van der Waals surface area contributed by atoms with Crippen LogP contribution in [-0.4, -0.2) is 77.3 Å². The molecular weight excluding hydrogens is 370 g/mol. The molecular formula is C21H27N5O3. The molecule has 0 amide bonds. The molecule has 0 bridgehead atoms. The number of nitrogens with zero attached hydrogens (tertiary/aromatic N) is 3. The van der Waals surface area contributed by atoms with E-state index in [1.54, 1.807) is 6.07 Å². The van der Waals surface area contributed by atoms with Crippen LogP contribution in [0.3, 0.4) is 0 Å². The Morgan fingerprint density at radius 2 is 2.10 bits per heavy atom. The Morgan fingerprint density at radius 1 is 1.28 bits per heavy atom. The molecule has 0 aliphatic carbocycles. The van der Waals surface area contributed by atoms with Crippen LogP contribution in [0.1, 0.15) is 21.6 Å². The van der Waals surface area contributed by atoms with Gasteiger partial charge in [-0.2, -0.15) is 0 Å². The fourth-order valence-corrected chi connectivity index (χ4v) is 3.63. The van der Waals surface area contributed by atoms with Crippen molar-refractivity contribution in [2.45, 2.75) is 25.1 Å². The van der Waals surface area contributed by atoms with Crippen LogP contribution in [0.2, 0.25) is 0 Å². The van der Waals surface area contributed by atoms with Gasteiger partial charge in [0.15, 0.2) is 5.78 Å². The number of β-amino-alcohol motifs (C(OH)–C–C–N with tert-alkyl or cyclic N) is 1. The average molecular weight is 397 g/mol. The Hall–Kier alpha value is -2.39. The summed E-state index contributed by atoms with van der Waals surface area (Å²) >= 11 is 0. The maximum Gasteiger partial charge on any atom is 0.195 e. The quantitative estimate of drug-likeness (QED) is 0.526. The second-order valence-electron chi connectivity index (χ2n) is 7.63. The summed E-state index contributed by atoms with van der Waals surface area (Å²) in [4.78, 5) is 22.8. The van der Waals surface area contributed by atoms with Gasteiger partial charge in [0.25, 0.3) is 0 Å². The Kier molecular flexibility index (Phi) is 6.46. The van der Waals surface area contributed by atoms with Crippen LogP contribution in [0.5, 0.6) is 0 Å². The van der Waals surface area contributed by atoms with Crippen LogP contribution in [0, 0.1) is 0 Å². The number of Topliss-reactive ketones (excluding diaryl/α,β-unsaturated/α-hetero) is 1. The van der Waals surface area contributed by atoms with E-state index >= 15 is 0 Å². The molecule has 1 saturated heterocycles. The lowest BCUT2D eigenvalue weighted by atomic mass is 10.00. The van der Waals surface area contributed by atoms with Gasteiger partial charge < -0.3 is 20.5 Å². The molecule has 154 valence electrons. The number of carbonyl (C=O) groups is 1. The van der Waals surface area contributed by atoms with Crippen molar-refractivity contribution in [3.63, 3.8) is 0 Å². The largest absolute Gasteiger partial charge is 0.390 e. The summed E-state index contributed by atoms with van der Waals surface area (Å²) in [6.07, 6.45) is 1.86. The zero-order valence-corrected chi connectivity index (χ0v) is 16.4. The molecule has 8 nitrogen and oxygen atoms in total. The maximum absolute atomic E-state index is 12.4. The SMILES string of the molecule is O=C(CNC[C@H](O)CN1CCc2ccccc2C1)c1cc(NC2COC2)ncn1. The van der Waals surface area contributed by atoms with E-state index in [0.717, 1.165) is 19.5 Å². The van der Waals surface area contributed by atoms with Crippen molar-refractivity contribution in [1.82, 2.24) is 20.2 Å². The summed E-state index contributed by atoms with van der Waals surface area (Å²) in [5.41, 5.74) is 3.08. The monoisotopic (exact) mass is 397 g/mol. The third-order valence-corrected chi connectivity index (χ3v) is 5.29. The second kappa shape index (κ2) is 9.41. The van der Waals surface area contributed by atoms with Gasteiger partial charge >= 0.3 is 0 Å². The van der Waals surface area contributed by atoms with Crippen molar-refractivity contribution in [1.29, 1.82) is 0 Å². The summed E-state index contributed by atoms with van der Waals surface area (Å²) in [7, 11) is 0. The minimum Gasteiger partial charge on any atom is -0.390 e. The number of hydrogen-bond acceptors (Lipinski definition) is 8. The first kappa shape index (κ1) is 19.9. The highest BCUT2D eigenvalue weighted by atomic mass is 16.5. The summed E-state index contributed by atoms with van der Waals surface area (Å²) in [5.74, 6) is 0.501. The van der Waals surface area contributed by atoms with Crippen LogP contribution in [-0.2, 0) is 17.7 Å². The predicted molar refractivity (Wildman–Crippen MR) is 109 cm³/mol. The minimum atomic E-state index is -0.533. The van der Waals surface area contributed by atoms with E-state index in [9.17, 15) is 9.90 Å². The van der Waals surface area contributed by atoms with Gasteiger partial charge in [-0.1, -0.05) is 24.3 Å². The molecule has 8 heteroatoms. The van der Waals surface area contributed by atoms with E-state index in [1.807, 2.05) is 0 Å². The lowest BCUT2D eigenvalue weighted by molar-refractivity contribution is 0.0209. The van der Waals surface area contributed by atoms with Crippen LogP contribution >= 0.6 is 0 Å². The van der Waals surface area contributed by atoms with Crippen LogP contribution in [0.25, 0.3) is 0 Å². The molecule has 1 aromatic carbocycles. The highest BCUT2D eigenvalue weighted by Crippen LogP contribution is 2.18. The Morgan fingerprint density at radius 3 is 2.90 bits per heavy atom. The maximum atomic E-state index is 12.4. The molecule has 1 fully saturated rings. The standard InChI is InChI=1S/C21H27N5O3/c27-18(11-26-6-5-15-3-1-2-4-16(15)10-26)8-22-9-20(28)19-7-21(24-14-23-19)25-17-12-29-13-17/h1-4,7,14,17-18,22,27H,5-6,8-13H2,(H,23,24,25)/t18-/m0/s1. The minimum absolute atomic E-state index is 0.126. The fourth-order valence-electron chi connectivity index (χ4n) is 3.63. The zero-order chi connectivity index (χ0) is 20.1. The molecule has 2 aromatic rings. The molecule has 0 saturated carbocycles. The molecule has 0 radical (unpaired) electrons. The first-order chi connectivity index (χ1) is 14.2. The number of ketones is 1. The normalized spacial score (nSPS) is 18.0. The molecule has 2 aliphatic heterocycles. The average Bonchev–Trinajstić information content (AvgIpc) is 2.71. The van der Waals surface area contributed by atoms with Gasteiger partial charge in [0.2, 0.25) is 0 Å². The number of carbonyl (C=O) groups excluding carboxylic acids is 1. The van der Waals surface area contributed by atoms with Crippen molar-refractivity contribution >= 4 is 11.6 Å². The third-order valence-electron chi connectivity index (χ3n) is 5.29. The van der Waals surface area contributed by atoms with Crippen molar-refractivity contribution in [3.8, 4) is 0 Å². The van der Waals surface area contributed by atoms with Crippen molar-refractivity contribution < 1.29 is 14.6 Å². The second-order valence-corrected chi connectivity index (χ2v) is 7.63. The van der Waals surface area contributed by atoms with E-state index < -0.39 is 6.10 Å².